The topological polar surface area (TPSA) is 32.9 Å². The van der Waals surface area contributed by atoms with Gasteiger partial charge in [0.05, 0.1) is 0 Å². The molecule has 2 nitrogen and oxygen atoms in total. The van der Waals surface area contributed by atoms with Crippen molar-refractivity contribution >= 4 is 10.8 Å². The van der Waals surface area contributed by atoms with Crippen LogP contribution in [0.2, 0.25) is 0 Å². The normalized spacial score (nSPS) is 11.0. The summed E-state index contributed by atoms with van der Waals surface area (Å²) in [6.45, 7) is 0. The summed E-state index contributed by atoms with van der Waals surface area (Å²) in [7, 11) is 0. The van der Waals surface area contributed by atoms with Gasteiger partial charge >= 0.3 is 0 Å². The lowest BCUT2D eigenvalue weighted by atomic mass is 9.84. The van der Waals surface area contributed by atoms with Crippen molar-refractivity contribution in [2.24, 2.45) is 0 Å². The van der Waals surface area contributed by atoms with E-state index in [4.69, 9.17) is 0 Å². The number of pyridine rings is 1. The van der Waals surface area contributed by atoms with Crippen molar-refractivity contribution in [3.63, 3.8) is 0 Å². The number of fused-ring (bicyclic) bond motifs is 1. The van der Waals surface area contributed by atoms with Gasteiger partial charge in [0.25, 0.3) is 5.56 Å². The molecule has 116 valence electrons. The lowest BCUT2D eigenvalue weighted by molar-refractivity contribution is 0.973. The average Bonchev–Trinajstić information content (AvgIpc) is 2.66. The molecule has 0 bridgehead atoms. The second-order valence-electron chi connectivity index (χ2n) is 5.87. The Morgan fingerprint density at radius 2 is 1.12 bits per heavy atom. The van der Waals surface area contributed by atoms with Crippen LogP contribution in [0.25, 0.3) is 10.8 Å². The molecule has 0 spiro atoms. The van der Waals surface area contributed by atoms with Gasteiger partial charge in [-0.1, -0.05) is 78.9 Å². The first-order valence-corrected chi connectivity index (χ1v) is 8.05. The zero-order chi connectivity index (χ0) is 16.4. The summed E-state index contributed by atoms with van der Waals surface area (Å²) in [5, 5.41) is 1.73. The van der Waals surface area contributed by atoms with Crippen LogP contribution in [0.3, 0.4) is 0 Å². The van der Waals surface area contributed by atoms with Crippen LogP contribution in [0.15, 0.2) is 95.9 Å². The number of hydrogen-bond donors (Lipinski definition) is 1. The Hall–Kier alpha value is -3.13. The van der Waals surface area contributed by atoms with Gasteiger partial charge in [-0.05, 0) is 28.1 Å². The summed E-state index contributed by atoms with van der Waals surface area (Å²) in [6.07, 6.45) is 1.86. The largest absolute Gasteiger partial charge is 0.328 e. The molecule has 4 rings (SSSR count). The van der Waals surface area contributed by atoms with Gasteiger partial charge in [0.1, 0.15) is 0 Å². The standard InChI is InChI=1S/C22H17NO/c24-22-19-14-8-7-13-18(19)20(15-23-22)21(16-9-3-1-4-10-16)17-11-5-2-6-12-17/h1-15,21H,(H,23,24). The quantitative estimate of drug-likeness (QED) is 0.584. The number of aromatic nitrogens is 1. The third kappa shape index (κ3) is 2.52. The maximum absolute atomic E-state index is 12.2. The molecular formula is C22H17NO. The summed E-state index contributed by atoms with van der Waals surface area (Å²) in [5.41, 5.74) is 3.48. The van der Waals surface area contributed by atoms with Crippen LogP contribution >= 0.6 is 0 Å². The molecule has 24 heavy (non-hydrogen) atoms. The van der Waals surface area contributed by atoms with E-state index in [2.05, 4.69) is 53.5 Å². The molecule has 1 aromatic heterocycles. The summed E-state index contributed by atoms with van der Waals surface area (Å²) < 4.78 is 0. The van der Waals surface area contributed by atoms with Gasteiger partial charge in [-0.25, -0.2) is 0 Å². The van der Waals surface area contributed by atoms with Gasteiger partial charge in [0.15, 0.2) is 0 Å². The van der Waals surface area contributed by atoms with Crippen molar-refractivity contribution < 1.29 is 0 Å². The minimum atomic E-state index is -0.0470. The molecule has 1 heterocycles. The smallest absolute Gasteiger partial charge is 0.255 e. The van der Waals surface area contributed by atoms with Crippen LogP contribution in [0, 0.1) is 0 Å². The van der Waals surface area contributed by atoms with Crippen LogP contribution in [-0.4, -0.2) is 4.98 Å². The summed E-state index contributed by atoms with van der Waals surface area (Å²) >= 11 is 0. The Balaban J connectivity index is 2.02. The minimum absolute atomic E-state index is 0.0470. The number of aromatic amines is 1. The molecule has 0 fully saturated rings. The molecule has 0 amide bonds. The molecule has 2 heteroatoms. The number of benzene rings is 3. The lowest BCUT2D eigenvalue weighted by Crippen LogP contribution is -2.11. The minimum Gasteiger partial charge on any atom is -0.328 e. The van der Waals surface area contributed by atoms with Crippen LogP contribution < -0.4 is 5.56 Å². The first-order chi connectivity index (χ1) is 11.8. The highest BCUT2D eigenvalue weighted by molar-refractivity contribution is 5.86. The van der Waals surface area contributed by atoms with Crippen LogP contribution in [0.1, 0.15) is 22.6 Å². The van der Waals surface area contributed by atoms with E-state index in [1.54, 1.807) is 0 Å². The second-order valence-corrected chi connectivity index (χ2v) is 5.87. The highest BCUT2D eigenvalue weighted by atomic mass is 16.1. The van der Waals surface area contributed by atoms with E-state index in [-0.39, 0.29) is 11.5 Å². The number of rotatable bonds is 3. The van der Waals surface area contributed by atoms with Crippen molar-refractivity contribution in [1.29, 1.82) is 0 Å². The molecule has 0 aliphatic rings. The van der Waals surface area contributed by atoms with Gasteiger partial charge in [0.2, 0.25) is 0 Å². The van der Waals surface area contributed by atoms with Gasteiger partial charge < -0.3 is 4.98 Å². The Bertz CT molecular complexity index is 980. The van der Waals surface area contributed by atoms with Gasteiger partial charge in [-0.3, -0.25) is 4.79 Å². The Morgan fingerprint density at radius 1 is 0.625 bits per heavy atom. The van der Waals surface area contributed by atoms with E-state index in [1.165, 1.54) is 11.1 Å². The summed E-state index contributed by atoms with van der Waals surface area (Å²) in [6, 6.07) is 28.6. The van der Waals surface area contributed by atoms with Crippen molar-refractivity contribution in [3.8, 4) is 0 Å². The molecule has 1 N–H and O–H groups in total. The third-order valence-electron chi connectivity index (χ3n) is 4.42. The molecule has 0 radical (unpaired) electrons. The first kappa shape index (κ1) is 14.5. The highest BCUT2D eigenvalue weighted by Gasteiger charge is 2.19. The van der Waals surface area contributed by atoms with E-state index < -0.39 is 0 Å². The monoisotopic (exact) mass is 311 g/mol. The molecule has 0 unspecified atom stereocenters. The zero-order valence-electron chi connectivity index (χ0n) is 13.1. The molecule has 3 aromatic carbocycles. The maximum Gasteiger partial charge on any atom is 0.255 e. The Morgan fingerprint density at radius 3 is 1.71 bits per heavy atom. The van der Waals surface area contributed by atoms with E-state index in [9.17, 15) is 4.79 Å². The number of hydrogen-bond acceptors (Lipinski definition) is 1. The third-order valence-corrected chi connectivity index (χ3v) is 4.42. The molecule has 0 aliphatic carbocycles. The first-order valence-electron chi connectivity index (χ1n) is 8.05. The predicted octanol–water partition coefficient (Wildman–Crippen LogP) is 4.71. The van der Waals surface area contributed by atoms with E-state index in [0.29, 0.717) is 0 Å². The SMILES string of the molecule is O=c1[nH]cc(C(c2ccccc2)c2ccccc2)c2ccccc12. The van der Waals surface area contributed by atoms with Crippen LogP contribution in [-0.2, 0) is 0 Å². The van der Waals surface area contributed by atoms with Gasteiger partial charge in [-0.2, -0.15) is 0 Å². The molecule has 0 saturated carbocycles. The fourth-order valence-electron chi connectivity index (χ4n) is 3.31. The molecular weight excluding hydrogens is 294 g/mol. The molecule has 4 aromatic rings. The number of nitrogens with one attached hydrogen (secondary N) is 1. The van der Waals surface area contributed by atoms with Crippen LogP contribution in [0.5, 0.6) is 0 Å². The van der Waals surface area contributed by atoms with E-state index in [1.807, 2.05) is 42.6 Å². The second kappa shape index (κ2) is 6.17. The molecule has 0 saturated heterocycles. The van der Waals surface area contributed by atoms with E-state index >= 15 is 0 Å². The highest BCUT2D eigenvalue weighted by Crippen LogP contribution is 2.34. The van der Waals surface area contributed by atoms with Gasteiger partial charge in [-0.15, -0.1) is 0 Å². The fraction of sp³-hybridized carbons (Fsp3) is 0.0455. The Kier molecular flexibility index (Phi) is 3.72. The molecule has 0 aliphatic heterocycles. The number of H-pyrrole nitrogens is 1. The van der Waals surface area contributed by atoms with Crippen molar-refractivity contribution in [2.75, 3.05) is 0 Å². The van der Waals surface area contributed by atoms with Crippen LogP contribution in [0.4, 0.5) is 0 Å². The van der Waals surface area contributed by atoms with Crippen molar-refractivity contribution in [1.82, 2.24) is 4.98 Å². The van der Waals surface area contributed by atoms with Crippen molar-refractivity contribution in [3.05, 3.63) is 118 Å². The predicted molar refractivity (Wildman–Crippen MR) is 98.4 cm³/mol. The maximum atomic E-state index is 12.2. The lowest BCUT2D eigenvalue weighted by Gasteiger charge is -2.20. The molecule has 0 atom stereocenters. The average molecular weight is 311 g/mol. The van der Waals surface area contributed by atoms with E-state index in [0.717, 1.165) is 16.3 Å². The fourth-order valence-corrected chi connectivity index (χ4v) is 3.31. The summed E-state index contributed by atoms with van der Waals surface area (Å²) in [4.78, 5) is 15.1. The Labute approximate surface area is 140 Å². The summed E-state index contributed by atoms with van der Waals surface area (Å²) in [5.74, 6) is 0.0779. The van der Waals surface area contributed by atoms with Gasteiger partial charge in [0, 0.05) is 17.5 Å². The zero-order valence-corrected chi connectivity index (χ0v) is 13.1. The van der Waals surface area contributed by atoms with Crippen molar-refractivity contribution in [2.45, 2.75) is 5.92 Å².